The number of hydrogen-bond donors (Lipinski definition) is 1. The second-order valence-electron chi connectivity index (χ2n) is 5.74. The van der Waals surface area contributed by atoms with Crippen LogP contribution in [-0.4, -0.2) is 19.7 Å². The normalized spacial score (nSPS) is 11.3. The summed E-state index contributed by atoms with van der Waals surface area (Å²) in [7, 11) is 0. The average Bonchev–Trinajstić information content (AvgIpc) is 2.94. The largest absolute Gasteiger partial charge is 0.368 e. The third kappa shape index (κ3) is 3.61. The summed E-state index contributed by atoms with van der Waals surface area (Å²) < 4.78 is 26.9. The first-order valence-corrected chi connectivity index (χ1v) is 7.94. The Hall–Kier alpha value is -2.54. The molecule has 0 fully saturated rings. The maximum atomic E-state index is 13.1. The van der Waals surface area contributed by atoms with Gasteiger partial charge in [-0.3, -0.25) is 0 Å². The lowest BCUT2D eigenvalue weighted by Crippen LogP contribution is -2.00. The number of rotatable bonds is 4. The molecule has 0 saturated carbocycles. The highest BCUT2D eigenvalue weighted by molar-refractivity contribution is 6.29. The Bertz CT molecular complexity index is 883. The summed E-state index contributed by atoms with van der Waals surface area (Å²) in [4.78, 5) is 7.88. The molecule has 0 amide bonds. The van der Waals surface area contributed by atoms with Gasteiger partial charge in [0.25, 0.3) is 0 Å². The molecule has 0 aliphatic rings. The molecule has 0 spiro atoms. The molecular formula is C17H16ClF2N5. The lowest BCUT2D eigenvalue weighted by molar-refractivity contribution is 0.0567. The highest BCUT2D eigenvalue weighted by atomic mass is 35.5. The third-order valence-corrected chi connectivity index (χ3v) is 4.17. The van der Waals surface area contributed by atoms with Crippen molar-refractivity contribution >= 4 is 17.5 Å². The molecule has 25 heavy (non-hydrogen) atoms. The zero-order valence-corrected chi connectivity index (χ0v) is 14.4. The topological polar surface area (TPSA) is 69.6 Å². The van der Waals surface area contributed by atoms with Crippen molar-refractivity contribution in [3.63, 3.8) is 0 Å². The van der Waals surface area contributed by atoms with E-state index in [1.165, 1.54) is 12.3 Å². The first-order valence-electron chi connectivity index (χ1n) is 7.57. The van der Waals surface area contributed by atoms with Gasteiger partial charge in [-0.2, -0.15) is 13.9 Å². The van der Waals surface area contributed by atoms with Gasteiger partial charge in [0.2, 0.25) is 5.95 Å². The average molecular weight is 364 g/mol. The van der Waals surface area contributed by atoms with Crippen LogP contribution in [0.25, 0.3) is 11.4 Å². The molecule has 1 aromatic carbocycles. The molecule has 0 unspecified atom stereocenters. The van der Waals surface area contributed by atoms with Gasteiger partial charge in [0.1, 0.15) is 10.8 Å². The maximum absolute atomic E-state index is 13.1. The summed E-state index contributed by atoms with van der Waals surface area (Å²) in [5.74, 6) is -0.0351. The van der Waals surface area contributed by atoms with Crippen LogP contribution >= 0.6 is 11.6 Å². The van der Waals surface area contributed by atoms with Crippen LogP contribution in [0.2, 0.25) is 5.15 Å². The minimum atomic E-state index is -2.75. The first-order chi connectivity index (χ1) is 11.8. The minimum Gasteiger partial charge on any atom is -0.368 e. The number of halogens is 3. The van der Waals surface area contributed by atoms with Crippen LogP contribution in [0.15, 0.2) is 30.5 Å². The standard InChI is InChI=1S/C17H16ClF2N5/c1-9-4-3-5-10(2)12(9)6-11-8-25(16(19)20)24-15(11)13-7-14(18)23-17(21)22-13/h3-5,7-8,16H,6H2,1-2H3,(H2,21,22,23). The van der Waals surface area contributed by atoms with Gasteiger partial charge >= 0.3 is 6.55 Å². The second-order valence-corrected chi connectivity index (χ2v) is 6.13. The van der Waals surface area contributed by atoms with Crippen molar-refractivity contribution in [1.82, 2.24) is 19.7 Å². The van der Waals surface area contributed by atoms with E-state index in [-0.39, 0.29) is 11.1 Å². The Labute approximate surface area is 148 Å². The molecular weight excluding hydrogens is 348 g/mol. The third-order valence-electron chi connectivity index (χ3n) is 3.97. The van der Waals surface area contributed by atoms with E-state index in [0.717, 1.165) is 16.7 Å². The van der Waals surface area contributed by atoms with Gasteiger partial charge in [-0.25, -0.2) is 14.6 Å². The number of nitrogen functional groups attached to an aromatic ring is 1. The fraction of sp³-hybridized carbons (Fsp3) is 0.235. The summed E-state index contributed by atoms with van der Waals surface area (Å²) in [6.45, 7) is 1.22. The number of hydrogen-bond acceptors (Lipinski definition) is 4. The Morgan fingerprint density at radius 2 is 1.88 bits per heavy atom. The van der Waals surface area contributed by atoms with Crippen LogP contribution in [0.5, 0.6) is 0 Å². The van der Waals surface area contributed by atoms with Gasteiger partial charge in [-0.1, -0.05) is 29.8 Å². The Balaban J connectivity index is 2.12. The number of aromatic nitrogens is 4. The summed E-state index contributed by atoms with van der Waals surface area (Å²) in [6, 6.07) is 7.39. The van der Waals surface area contributed by atoms with E-state index < -0.39 is 6.55 Å². The van der Waals surface area contributed by atoms with Gasteiger partial charge < -0.3 is 5.73 Å². The lowest BCUT2D eigenvalue weighted by Gasteiger charge is -2.09. The van der Waals surface area contributed by atoms with E-state index in [1.54, 1.807) is 0 Å². The smallest absolute Gasteiger partial charge is 0.333 e. The molecule has 2 heterocycles. The summed E-state index contributed by atoms with van der Waals surface area (Å²) in [5.41, 5.74) is 10.1. The molecule has 2 N–H and O–H groups in total. The Morgan fingerprint density at radius 3 is 2.48 bits per heavy atom. The highest BCUT2D eigenvalue weighted by Crippen LogP contribution is 2.28. The molecule has 3 aromatic rings. The monoisotopic (exact) mass is 363 g/mol. The zero-order valence-electron chi connectivity index (χ0n) is 13.7. The number of alkyl halides is 2. The number of benzene rings is 1. The van der Waals surface area contributed by atoms with Crippen LogP contribution in [0, 0.1) is 13.8 Å². The summed E-state index contributed by atoms with van der Waals surface area (Å²) in [5, 5.41) is 4.11. The molecule has 0 atom stereocenters. The van der Waals surface area contributed by atoms with Crippen LogP contribution in [0.4, 0.5) is 14.7 Å². The van der Waals surface area contributed by atoms with Gasteiger partial charge in [0, 0.05) is 24.2 Å². The molecule has 8 heteroatoms. The highest BCUT2D eigenvalue weighted by Gasteiger charge is 2.19. The van der Waals surface area contributed by atoms with E-state index in [0.29, 0.717) is 28.1 Å². The second kappa shape index (κ2) is 6.76. The SMILES string of the molecule is Cc1cccc(C)c1Cc1cn(C(F)F)nc1-c1cc(Cl)nc(N)n1. The van der Waals surface area contributed by atoms with Crippen LogP contribution < -0.4 is 5.73 Å². The first kappa shape index (κ1) is 17.3. The van der Waals surface area contributed by atoms with E-state index in [4.69, 9.17) is 17.3 Å². The molecule has 0 radical (unpaired) electrons. The quantitative estimate of drug-likeness (QED) is 0.706. The van der Waals surface area contributed by atoms with E-state index in [9.17, 15) is 8.78 Å². The van der Waals surface area contributed by atoms with Crippen LogP contribution in [-0.2, 0) is 6.42 Å². The minimum absolute atomic E-state index is 0.0351. The summed E-state index contributed by atoms with van der Waals surface area (Å²) in [6.07, 6.45) is 1.78. The predicted octanol–water partition coefficient (Wildman–Crippen LogP) is 4.18. The van der Waals surface area contributed by atoms with Gasteiger partial charge in [0.05, 0.1) is 5.69 Å². The molecule has 0 saturated heterocycles. The van der Waals surface area contributed by atoms with Crippen molar-refractivity contribution in [2.24, 2.45) is 0 Å². The number of anilines is 1. The molecule has 130 valence electrons. The maximum Gasteiger partial charge on any atom is 0.333 e. The predicted molar refractivity (Wildman–Crippen MR) is 92.7 cm³/mol. The van der Waals surface area contributed by atoms with Crippen molar-refractivity contribution in [1.29, 1.82) is 0 Å². The molecule has 5 nitrogen and oxygen atoms in total. The molecule has 0 aliphatic carbocycles. The van der Waals surface area contributed by atoms with Crippen molar-refractivity contribution in [2.75, 3.05) is 5.73 Å². The zero-order chi connectivity index (χ0) is 18.1. The van der Waals surface area contributed by atoms with E-state index >= 15 is 0 Å². The molecule has 0 bridgehead atoms. The van der Waals surface area contributed by atoms with Crippen LogP contribution in [0.3, 0.4) is 0 Å². The van der Waals surface area contributed by atoms with Crippen molar-refractivity contribution in [3.8, 4) is 11.4 Å². The van der Waals surface area contributed by atoms with Gasteiger partial charge in [-0.05, 0) is 30.5 Å². The lowest BCUT2D eigenvalue weighted by atomic mass is 9.96. The van der Waals surface area contributed by atoms with Gasteiger partial charge in [0.15, 0.2) is 0 Å². The number of aryl methyl sites for hydroxylation is 2. The number of nitrogens with two attached hydrogens (primary N) is 1. The Morgan fingerprint density at radius 1 is 1.20 bits per heavy atom. The van der Waals surface area contributed by atoms with Gasteiger partial charge in [-0.15, -0.1) is 0 Å². The molecule has 3 rings (SSSR count). The van der Waals surface area contributed by atoms with Crippen molar-refractivity contribution in [2.45, 2.75) is 26.8 Å². The van der Waals surface area contributed by atoms with E-state index in [2.05, 4.69) is 15.1 Å². The van der Waals surface area contributed by atoms with Crippen LogP contribution in [0.1, 0.15) is 28.8 Å². The Kier molecular flexibility index (Phi) is 4.67. The molecule has 0 aliphatic heterocycles. The van der Waals surface area contributed by atoms with Crippen molar-refractivity contribution in [3.05, 3.63) is 57.9 Å². The molecule has 2 aromatic heterocycles. The summed E-state index contributed by atoms with van der Waals surface area (Å²) >= 11 is 5.92. The number of nitrogens with zero attached hydrogens (tertiary/aromatic N) is 4. The van der Waals surface area contributed by atoms with E-state index in [1.807, 2.05) is 32.0 Å². The van der Waals surface area contributed by atoms with Crippen molar-refractivity contribution < 1.29 is 8.78 Å². The fourth-order valence-corrected chi connectivity index (χ4v) is 2.94. The fourth-order valence-electron chi connectivity index (χ4n) is 2.75.